The first-order valence-electron chi connectivity index (χ1n) is 7.53. The van der Waals surface area contributed by atoms with Crippen molar-refractivity contribution in [2.45, 2.75) is 18.9 Å². The summed E-state index contributed by atoms with van der Waals surface area (Å²) in [6.07, 6.45) is 1.73. The number of phenolic OH excluding ortho intramolecular Hbond substituents is 1. The maximum atomic E-state index is 12.4. The molecule has 1 fully saturated rings. The van der Waals surface area contributed by atoms with Gasteiger partial charge in [-0.3, -0.25) is 4.79 Å². The molecule has 0 unspecified atom stereocenters. The zero-order valence-corrected chi connectivity index (χ0v) is 12.3. The topological polar surface area (TPSA) is 49.8 Å². The highest BCUT2D eigenvalue weighted by Gasteiger charge is 2.25. The lowest BCUT2D eigenvalue weighted by atomic mass is 10.1. The number of benzene rings is 2. The highest BCUT2D eigenvalue weighted by atomic mass is 16.5. The number of amides is 1. The van der Waals surface area contributed by atoms with E-state index in [0.717, 1.165) is 18.6 Å². The van der Waals surface area contributed by atoms with E-state index in [9.17, 15) is 9.90 Å². The second-order valence-corrected chi connectivity index (χ2v) is 5.44. The fourth-order valence-electron chi connectivity index (χ4n) is 2.69. The predicted octanol–water partition coefficient (Wildman–Crippen LogP) is 3.08. The van der Waals surface area contributed by atoms with Crippen LogP contribution in [-0.4, -0.2) is 35.1 Å². The monoisotopic (exact) mass is 297 g/mol. The molecule has 0 bridgehead atoms. The molecular formula is C18H19NO3. The average Bonchev–Trinajstić information content (AvgIpc) is 2.56. The van der Waals surface area contributed by atoms with Gasteiger partial charge in [0.25, 0.3) is 5.91 Å². The number of hydrogen-bond donors (Lipinski definition) is 1. The number of likely N-dealkylation sites (tertiary alicyclic amines) is 1. The molecule has 2 aromatic carbocycles. The Bertz CT molecular complexity index is 634. The van der Waals surface area contributed by atoms with Crippen LogP contribution in [0.2, 0.25) is 0 Å². The number of carbonyl (C=O) groups is 1. The van der Waals surface area contributed by atoms with Crippen LogP contribution in [0.5, 0.6) is 11.5 Å². The van der Waals surface area contributed by atoms with Gasteiger partial charge in [-0.1, -0.05) is 30.3 Å². The van der Waals surface area contributed by atoms with Crippen molar-refractivity contribution in [1.82, 2.24) is 4.90 Å². The Morgan fingerprint density at radius 1 is 1.00 bits per heavy atom. The van der Waals surface area contributed by atoms with Crippen molar-refractivity contribution in [3.63, 3.8) is 0 Å². The third kappa shape index (κ3) is 3.22. The molecule has 0 radical (unpaired) electrons. The molecule has 4 heteroatoms. The molecule has 0 saturated carbocycles. The lowest BCUT2D eigenvalue weighted by molar-refractivity contribution is 0.0593. The summed E-state index contributed by atoms with van der Waals surface area (Å²) >= 11 is 0. The summed E-state index contributed by atoms with van der Waals surface area (Å²) in [4.78, 5) is 14.2. The molecule has 1 N–H and O–H groups in total. The van der Waals surface area contributed by atoms with Crippen LogP contribution in [0, 0.1) is 0 Å². The minimum Gasteiger partial charge on any atom is -0.507 e. The van der Waals surface area contributed by atoms with Gasteiger partial charge < -0.3 is 14.7 Å². The van der Waals surface area contributed by atoms with Gasteiger partial charge in [-0.05, 0) is 24.3 Å². The van der Waals surface area contributed by atoms with Crippen molar-refractivity contribution >= 4 is 5.91 Å². The van der Waals surface area contributed by atoms with Crippen LogP contribution in [0.4, 0.5) is 0 Å². The molecule has 1 amide bonds. The smallest absolute Gasteiger partial charge is 0.257 e. The lowest BCUT2D eigenvalue weighted by Gasteiger charge is -2.32. The zero-order chi connectivity index (χ0) is 15.4. The number of aromatic hydroxyl groups is 1. The molecule has 1 aliphatic heterocycles. The van der Waals surface area contributed by atoms with Crippen molar-refractivity contribution < 1.29 is 14.6 Å². The van der Waals surface area contributed by atoms with Crippen LogP contribution in [0.1, 0.15) is 23.2 Å². The van der Waals surface area contributed by atoms with Gasteiger partial charge in [0.05, 0.1) is 5.56 Å². The summed E-state index contributed by atoms with van der Waals surface area (Å²) in [6, 6.07) is 16.4. The highest BCUT2D eigenvalue weighted by molar-refractivity contribution is 5.96. The van der Waals surface area contributed by atoms with E-state index in [1.807, 2.05) is 30.3 Å². The first-order valence-corrected chi connectivity index (χ1v) is 7.53. The number of carbonyl (C=O) groups excluding carboxylic acids is 1. The Hall–Kier alpha value is -2.49. The largest absolute Gasteiger partial charge is 0.507 e. The summed E-state index contributed by atoms with van der Waals surface area (Å²) < 4.78 is 5.93. The van der Waals surface area contributed by atoms with E-state index in [1.54, 1.807) is 29.2 Å². The summed E-state index contributed by atoms with van der Waals surface area (Å²) in [6.45, 7) is 1.29. The van der Waals surface area contributed by atoms with E-state index in [4.69, 9.17) is 4.74 Å². The number of rotatable bonds is 3. The maximum absolute atomic E-state index is 12.4. The fourth-order valence-corrected chi connectivity index (χ4v) is 2.69. The molecule has 0 aromatic heterocycles. The number of para-hydroxylation sites is 2. The Kier molecular flexibility index (Phi) is 4.28. The Morgan fingerprint density at radius 2 is 1.64 bits per heavy atom. The molecule has 1 heterocycles. The van der Waals surface area contributed by atoms with Gasteiger partial charge in [0.2, 0.25) is 0 Å². The number of phenols is 1. The zero-order valence-electron chi connectivity index (χ0n) is 12.3. The molecular weight excluding hydrogens is 278 g/mol. The first kappa shape index (κ1) is 14.4. The summed E-state index contributed by atoms with van der Waals surface area (Å²) in [5.74, 6) is 0.791. The molecule has 114 valence electrons. The second-order valence-electron chi connectivity index (χ2n) is 5.44. The van der Waals surface area contributed by atoms with Crippen molar-refractivity contribution in [2.24, 2.45) is 0 Å². The van der Waals surface area contributed by atoms with Gasteiger partial charge in [-0.2, -0.15) is 0 Å². The molecule has 2 aromatic rings. The molecule has 0 atom stereocenters. The molecule has 1 saturated heterocycles. The predicted molar refractivity (Wildman–Crippen MR) is 84.1 cm³/mol. The minimum atomic E-state index is -0.115. The number of piperidine rings is 1. The normalized spacial score (nSPS) is 15.5. The van der Waals surface area contributed by atoms with Crippen LogP contribution in [-0.2, 0) is 0 Å². The summed E-state index contributed by atoms with van der Waals surface area (Å²) in [7, 11) is 0. The van der Waals surface area contributed by atoms with Gasteiger partial charge >= 0.3 is 0 Å². The van der Waals surface area contributed by atoms with Gasteiger partial charge in [0.1, 0.15) is 17.6 Å². The molecule has 4 nitrogen and oxygen atoms in total. The third-order valence-electron chi connectivity index (χ3n) is 3.91. The van der Waals surface area contributed by atoms with Crippen molar-refractivity contribution in [3.8, 4) is 11.5 Å². The molecule has 1 aliphatic rings. The number of hydrogen-bond acceptors (Lipinski definition) is 3. The van der Waals surface area contributed by atoms with Gasteiger partial charge in [0, 0.05) is 25.9 Å². The summed E-state index contributed by atoms with van der Waals surface area (Å²) in [5.41, 5.74) is 0.366. The quantitative estimate of drug-likeness (QED) is 0.947. The van der Waals surface area contributed by atoms with Crippen LogP contribution in [0.3, 0.4) is 0 Å². The van der Waals surface area contributed by atoms with Crippen LogP contribution in [0.15, 0.2) is 54.6 Å². The summed E-state index contributed by atoms with van der Waals surface area (Å²) in [5, 5.41) is 9.79. The Balaban J connectivity index is 1.58. The van der Waals surface area contributed by atoms with E-state index in [1.165, 1.54) is 0 Å². The standard InChI is InChI=1S/C18H19NO3/c20-17-9-5-4-8-16(17)18(21)19-12-10-15(11-13-19)22-14-6-2-1-3-7-14/h1-9,15,20H,10-13H2. The van der Waals surface area contributed by atoms with Crippen LogP contribution < -0.4 is 4.74 Å². The highest BCUT2D eigenvalue weighted by Crippen LogP contribution is 2.22. The van der Waals surface area contributed by atoms with Crippen molar-refractivity contribution in [1.29, 1.82) is 0 Å². The first-order chi connectivity index (χ1) is 10.7. The van der Waals surface area contributed by atoms with Crippen LogP contribution >= 0.6 is 0 Å². The van der Waals surface area contributed by atoms with Gasteiger partial charge in [0.15, 0.2) is 0 Å². The molecule has 0 aliphatic carbocycles. The van der Waals surface area contributed by atoms with Gasteiger partial charge in [-0.15, -0.1) is 0 Å². The number of nitrogens with zero attached hydrogens (tertiary/aromatic N) is 1. The SMILES string of the molecule is O=C(c1ccccc1O)N1CCC(Oc2ccccc2)CC1. The average molecular weight is 297 g/mol. The lowest BCUT2D eigenvalue weighted by Crippen LogP contribution is -2.41. The number of ether oxygens (including phenoxy) is 1. The van der Waals surface area contributed by atoms with E-state index >= 15 is 0 Å². The molecule has 0 spiro atoms. The van der Waals surface area contributed by atoms with E-state index in [0.29, 0.717) is 18.7 Å². The second kappa shape index (κ2) is 6.52. The van der Waals surface area contributed by atoms with E-state index in [-0.39, 0.29) is 17.8 Å². The third-order valence-corrected chi connectivity index (χ3v) is 3.91. The van der Waals surface area contributed by atoms with Gasteiger partial charge in [-0.25, -0.2) is 0 Å². The molecule has 22 heavy (non-hydrogen) atoms. The Morgan fingerprint density at radius 3 is 2.32 bits per heavy atom. The van der Waals surface area contributed by atoms with Crippen molar-refractivity contribution in [3.05, 3.63) is 60.2 Å². The van der Waals surface area contributed by atoms with E-state index in [2.05, 4.69) is 0 Å². The Labute approximate surface area is 130 Å². The minimum absolute atomic E-state index is 0.0372. The fraction of sp³-hybridized carbons (Fsp3) is 0.278. The van der Waals surface area contributed by atoms with Crippen molar-refractivity contribution in [2.75, 3.05) is 13.1 Å². The maximum Gasteiger partial charge on any atom is 0.257 e. The van der Waals surface area contributed by atoms with E-state index < -0.39 is 0 Å². The molecule has 3 rings (SSSR count). The van der Waals surface area contributed by atoms with Crippen LogP contribution in [0.25, 0.3) is 0 Å².